The van der Waals surface area contributed by atoms with Gasteiger partial charge < -0.3 is 5.11 Å². The molecule has 0 aromatic carbocycles. The van der Waals surface area contributed by atoms with Crippen molar-refractivity contribution >= 4 is 5.97 Å². The van der Waals surface area contributed by atoms with Crippen LogP contribution in [0.2, 0.25) is 0 Å². The van der Waals surface area contributed by atoms with Crippen LogP contribution >= 0.6 is 0 Å². The van der Waals surface area contributed by atoms with Crippen LogP contribution in [-0.4, -0.2) is 11.1 Å². The van der Waals surface area contributed by atoms with Crippen molar-refractivity contribution in [2.45, 2.75) is 143 Å². The Kier molecular flexibility index (Phi) is 19.8. The van der Waals surface area contributed by atoms with E-state index in [-0.39, 0.29) is 5.92 Å². The lowest BCUT2D eigenvalue weighted by Gasteiger charge is -2.17. The molecule has 27 heavy (non-hydrogen) atoms. The molecule has 0 aliphatic rings. The number of aliphatic carboxylic acids is 1. The monoisotopic (exact) mass is 382 g/mol. The first-order chi connectivity index (χ1) is 13.1. The number of carboxylic acids is 1. The van der Waals surface area contributed by atoms with Crippen LogP contribution in [0.25, 0.3) is 0 Å². The molecule has 0 fully saturated rings. The van der Waals surface area contributed by atoms with Gasteiger partial charge in [0.25, 0.3) is 0 Å². The Morgan fingerprint density at radius 1 is 0.630 bits per heavy atom. The lowest BCUT2D eigenvalue weighted by molar-refractivity contribution is -0.142. The predicted molar refractivity (Wildman–Crippen MR) is 119 cm³/mol. The average molecular weight is 383 g/mol. The third-order valence-corrected chi connectivity index (χ3v) is 5.99. The summed E-state index contributed by atoms with van der Waals surface area (Å²) in [5.41, 5.74) is 0. The Morgan fingerprint density at radius 2 is 1.00 bits per heavy atom. The molecule has 0 saturated heterocycles. The molecular formula is C25H50O2. The van der Waals surface area contributed by atoms with Crippen molar-refractivity contribution in [3.63, 3.8) is 0 Å². The van der Waals surface area contributed by atoms with Crippen LogP contribution in [0.4, 0.5) is 0 Å². The smallest absolute Gasteiger partial charge is 0.306 e. The Bertz CT molecular complexity index is 313. The van der Waals surface area contributed by atoms with E-state index in [2.05, 4.69) is 20.8 Å². The van der Waals surface area contributed by atoms with Gasteiger partial charge in [-0.1, -0.05) is 130 Å². The van der Waals surface area contributed by atoms with Gasteiger partial charge in [-0.2, -0.15) is 0 Å². The molecular weight excluding hydrogens is 332 g/mol. The molecule has 1 N–H and O–H groups in total. The topological polar surface area (TPSA) is 37.3 Å². The van der Waals surface area contributed by atoms with Gasteiger partial charge in [-0.05, 0) is 18.8 Å². The fourth-order valence-electron chi connectivity index (χ4n) is 4.10. The van der Waals surface area contributed by atoms with Crippen molar-refractivity contribution in [3.05, 3.63) is 0 Å². The standard InChI is InChI=1S/C25H50O2/c1-4-6-8-10-11-12-13-14-15-16-17-19-21-24(25(26)27)22-23(3)20-18-9-7-5-2/h23-24H,4-22H2,1-3H3,(H,26,27)/t23?,24-/m1/s1. The number of hydrogen-bond acceptors (Lipinski definition) is 1. The molecule has 0 aliphatic heterocycles. The third kappa shape index (κ3) is 18.6. The largest absolute Gasteiger partial charge is 0.481 e. The van der Waals surface area contributed by atoms with Crippen LogP contribution in [0.3, 0.4) is 0 Å². The van der Waals surface area contributed by atoms with Crippen LogP contribution in [-0.2, 0) is 4.79 Å². The molecule has 0 spiro atoms. The zero-order valence-electron chi connectivity index (χ0n) is 18.9. The summed E-state index contributed by atoms with van der Waals surface area (Å²) in [6.45, 7) is 6.75. The maximum Gasteiger partial charge on any atom is 0.306 e. The van der Waals surface area contributed by atoms with E-state index in [1.54, 1.807) is 0 Å². The molecule has 0 bridgehead atoms. The Balaban J connectivity index is 3.58. The fourth-order valence-corrected chi connectivity index (χ4v) is 4.10. The molecule has 2 heteroatoms. The van der Waals surface area contributed by atoms with Gasteiger partial charge in [0.2, 0.25) is 0 Å². The summed E-state index contributed by atoms with van der Waals surface area (Å²) in [5, 5.41) is 9.51. The zero-order chi connectivity index (χ0) is 20.2. The van der Waals surface area contributed by atoms with Crippen molar-refractivity contribution in [1.82, 2.24) is 0 Å². The first-order valence-corrected chi connectivity index (χ1v) is 12.3. The lowest BCUT2D eigenvalue weighted by Crippen LogP contribution is -2.17. The highest BCUT2D eigenvalue weighted by Crippen LogP contribution is 2.23. The maximum atomic E-state index is 11.5. The van der Waals surface area contributed by atoms with Gasteiger partial charge in [0.05, 0.1) is 5.92 Å². The molecule has 0 saturated carbocycles. The minimum absolute atomic E-state index is 0.116. The first kappa shape index (κ1) is 26.5. The molecule has 162 valence electrons. The first-order valence-electron chi connectivity index (χ1n) is 12.3. The van der Waals surface area contributed by atoms with E-state index in [1.807, 2.05) is 0 Å². The highest BCUT2D eigenvalue weighted by Gasteiger charge is 2.19. The molecule has 0 aliphatic carbocycles. The SMILES string of the molecule is CCCCCCCCCCCCCC[C@H](CC(C)CCCCCC)C(=O)O. The molecule has 0 rings (SSSR count). The number of carboxylic acid groups (broad SMARTS) is 1. The van der Waals surface area contributed by atoms with E-state index >= 15 is 0 Å². The summed E-state index contributed by atoms with van der Waals surface area (Å²) >= 11 is 0. The maximum absolute atomic E-state index is 11.5. The van der Waals surface area contributed by atoms with Gasteiger partial charge in [-0.3, -0.25) is 4.79 Å². The summed E-state index contributed by atoms with van der Waals surface area (Å²) in [4.78, 5) is 11.5. The van der Waals surface area contributed by atoms with Crippen LogP contribution in [0, 0.1) is 11.8 Å². The minimum Gasteiger partial charge on any atom is -0.481 e. The molecule has 0 radical (unpaired) electrons. The van der Waals surface area contributed by atoms with Crippen molar-refractivity contribution in [1.29, 1.82) is 0 Å². The summed E-state index contributed by atoms with van der Waals surface area (Å²) in [6.07, 6.45) is 24.2. The summed E-state index contributed by atoms with van der Waals surface area (Å²) in [6, 6.07) is 0. The quantitative estimate of drug-likeness (QED) is 0.201. The molecule has 2 nitrogen and oxygen atoms in total. The normalized spacial score (nSPS) is 13.6. The van der Waals surface area contributed by atoms with E-state index in [0.29, 0.717) is 5.92 Å². The average Bonchev–Trinajstić information content (AvgIpc) is 2.65. The number of hydrogen-bond donors (Lipinski definition) is 1. The highest BCUT2D eigenvalue weighted by molar-refractivity contribution is 5.69. The summed E-state index contributed by atoms with van der Waals surface area (Å²) < 4.78 is 0. The second-order valence-corrected chi connectivity index (χ2v) is 8.90. The van der Waals surface area contributed by atoms with Crippen LogP contribution < -0.4 is 0 Å². The molecule has 0 aromatic rings. The van der Waals surface area contributed by atoms with Crippen molar-refractivity contribution in [3.8, 4) is 0 Å². The summed E-state index contributed by atoms with van der Waals surface area (Å²) in [5.74, 6) is -0.131. The third-order valence-electron chi connectivity index (χ3n) is 5.99. The summed E-state index contributed by atoms with van der Waals surface area (Å²) in [7, 11) is 0. The molecule has 0 amide bonds. The van der Waals surface area contributed by atoms with E-state index < -0.39 is 5.97 Å². The minimum atomic E-state index is -0.571. The Labute approximate surface area is 170 Å². The molecule has 1 unspecified atom stereocenters. The van der Waals surface area contributed by atoms with Gasteiger partial charge in [0.15, 0.2) is 0 Å². The van der Waals surface area contributed by atoms with Crippen molar-refractivity contribution in [2.75, 3.05) is 0 Å². The molecule has 0 aromatic heterocycles. The number of rotatable bonds is 21. The highest BCUT2D eigenvalue weighted by atomic mass is 16.4. The van der Waals surface area contributed by atoms with Gasteiger partial charge in [-0.25, -0.2) is 0 Å². The second-order valence-electron chi connectivity index (χ2n) is 8.90. The number of carbonyl (C=O) groups is 1. The van der Waals surface area contributed by atoms with Crippen LogP contribution in [0.1, 0.15) is 143 Å². The van der Waals surface area contributed by atoms with Gasteiger partial charge in [0.1, 0.15) is 0 Å². The van der Waals surface area contributed by atoms with Gasteiger partial charge >= 0.3 is 5.97 Å². The number of unbranched alkanes of at least 4 members (excludes halogenated alkanes) is 14. The predicted octanol–water partition coefficient (Wildman–Crippen LogP) is 8.78. The Hall–Kier alpha value is -0.530. The van der Waals surface area contributed by atoms with E-state index in [0.717, 1.165) is 19.3 Å². The zero-order valence-corrected chi connectivity index (χ0v) is 18.9. The van der Waals surface area contributed by atoms with Crippen molar-refractivity contribution < 1.29 is 9.90 Å². The fraction of sp³-hybridized carbons (Fsp3) is 0.960. The molecule has 0 heterocycles. The van der Waals surface area contributed by atoms with Crippen LogP contribution in [0.15, 0.2) is 0 Å². The van der Waals surface area contributed by atoms with E-state index in [1.165, 1.54) is 103 Å². The van der Waals surface area contributed by atoms with E-state index in [9.17, 15) is 9.90 Å². The van der Waals surface area contributed by atoms with Gasteiger partial charge in [0, 0.05) is 0 Å². The lowest BCUT2D eigenvalue weighted by atomic mass is 9.88. The Morgan fingerprint density at radius 3 is 1.44 bits per heavy atom. The van der Waals surface area contributed by atoms with Crippen molar-refractivity contribution in [2.24, 2.45) is 11.8 Å². The van der Waals surface area contributed by atoms with Crippen LogP contribution in [0.5, 0.6) is 0 Å². The molecule has 2 atom stereocenters. The van der Waals surface area contributed by atoms with E-state index in [4.69, 9.17) is 0 Å². The second kappa shape index (κ2) is 20.2. The van der Waals surface area contributed by atoms with Gasteiger partial charge in [-0.15, -0.1) is 0 Å².